The molecule has 132 valence electrons. The standard InChI is InChI=1S/C18H15N3O3S2/c1-11(25-18-20-13-4-2-3-5-16(13)26-18)17(22)21-19-9-12-6-7-14-15(8-12)24-10-23-14/h2-9,11H,10H2,1H3,(H,21,22). The Bertz CT molecular complexity index is 954. The molecular formula is C18H15N3O3S2. The highest BCUT2D eigenvalue weighted by Crippen LogP contribution is 2.32. The van der Waals surface area contributed by atoms with Crippen LogP contribution in [0.3, 0.4) is 0 Å². The summed E-state index contributed by atoms with van der Waals surface area (Å²) in [6, 6.07) is 13.4. The van der Waals surface area contributed by atoms with Gasteiger partial charge in [0.15, 0.2) is 15.8 Å². The lowest BCUT2D eigenvalue weighted by molar-refractivity contribution is -0.120. The van der Waals surface area contributed by atoms with Crippen molar-refractivity contribution < 1.29 is 14.3 Å². The van der Waals surface area contributed by atoms with E-state index in [4.69, 9.17) is 9.47 Å². The summed E-state index contributed by atoms with van der Waals surface area (Å²) in [6.45, 7) is 2.06. The van der Waals surface area contributed by atoms with Gasteiger partial charge in [-0.05, 0) is 42.8 Å². The minimum Gasteiger partial charge on any atom is -0.454 e. The number of hydrazone groups is 1. The zero-order valence-electron chi connectivity index (χ0n) is 13.8. The highest BCUT2D eigenvalue weighted by Gasteiger charge is 2.16. The van der Waals surface area contributed by atoms with Gasteiger partial charge in [-0.25, -0.2) is 10.4 Å². The van der Waals surface area contributed by atoms with Crippen molar-refractivity contribution >= 4 is 45.4 Å². The van der Waals surface area contributed by atoms with Crippen molar-refractivity contribution in [3.63, 3.8) is 0 Å². The van der Waals surface area contributed by atoms with E-state index in [-0.39, 0.29) is 18.0 Å². The Labute approximate surface area is 158 Å². The van der Waals surface area contributed by atoms with Crippen molar-refractivity contribution in [1.29, 1.82) is 0 Å². The number of fused-ring (bicyclic) bond motifs is 2. The molecule has 0 bridgehead atoms. The van der Waals surface area contributed by atoms with Gasteiger partial charge in [0.2, 0.25) is 6.79 Å². The minimum atomic E-state index is -0.301. The summed E-state index contributed by atoms with van der Waals surface area (Å²) < 4.78 is 12.6. The van der Waals surface area contributed by atoms with Crippen LogP contribution < -0.4 is 14.9 Å². The molecule has 6 nitrogen and oxygen atoms in total. The lowest BCUT2D eigenvalue weighted by Gasteiger charge is -2.06. The van der Waals surface area contributed by atoms with Crippen molar-refractivity contribution in [1.82, 2.24) is 10.4 Å². The molecule has 1 aliphatic rings. The molecule has 1 unspecified atom stereocenters. The van der Waals surface area contributed by atoms with Gasteiger partial charge < -0.3 is 9.47 Å². The molecule has 1 N–H and O–H groups in total. The Morgan fingerprint density at radius 3 is 3.04 bits per heavy atom. The molecule has 1 aromatic heterocycles. The molecule has 1 atom stereocenters. The van der Waals surface area contributed by atoms with Crippen molar-refractivity contribution in [2.45, 2.75) is 16.5 Å². The lowest BCUT2D eigenvalue weighted by atomic mass is 10.2. The summed E-state index contributed by atoms with van der Waals surface area (Å²) in [5.41, 5.74) is 4.34. The Balaban J connectivity index is 1.35. The number of ether oxygens (including phenoxy) is 2. The van der Waals surface area contributed by atoms with Crippen molar-refractivity contribution in [2.75, 3.05) is 6.79 Å². The Morgan fingerprint density at radius 1 is 1.31 bits per heavy atom. The number of carbonyl (C=O) groups excluding carboxylic acids is 1. The molecule has 26 heavy (non-hydrogen) atoms. The second-order valence-electron chi connectivity index (χ2n) is 5.55. The number of amides is 1. The molecule has 0 spiro atoms. The molecule has 0 saturated carbocycles. The highest BCUT2D eigenvalue weighted by molar-refractivity contribution is 8.02. The molecular weight excluding hydrogens is 370 g/mol. The van der Waals surface area contributed by atoms with E-state index in [1.165, 1.54) is 11.8 Å². The average molecular weight is 385 g/mol. The second-order valence-corrected chi connectivity index (χ2v) is 8.17. The molecule has 3 aromatic rings. The normalized spacial score (nSPS) is 14.0. The number of benzene rings is 2. The van der Waals surface area contributed by atoms with Crippen LogP contribution in [0.4, 0.5) is 0 Å². The van der Waals surface area contributed by atoms with Crippen LogP contribution >= 0.6 is 23.1 Å². The molecule has 4 rings (SSSR count). The van der Waals surface area contributed by atoms with E-state index in [0.717, 1.165) is 20.1 Å². The van der Waals surface area contributed by atoms with Crippen LogP contribution in [0.2, 0.25) is 0 Å². The molecule has 0 aliphatic carbocycles. The lowest BCUT2D eigenvalue weighted by Crippen LogP contribution is -2.26. The molecule has 8 heteroatoms. The van der Waals surface area contributed by atoms with E-state index in [9.17, 15) is 4.79 Å². The molecule has 0 fully saturated rings. The Morgan fingerprint density at radius 2 is 2.15 bits per heavy atom. The smallest absolute Gasteiger partial charge is 0.253 e. The Hall–Kier alpha value is -2.58. The van der Waals surface area contributed by atoms with Gasteiger partial charge in [-0.3, -0.25) is 4.79 Å². The van der Waals surface area contributed by atoms with Crippen LogP contribution in [0.15, 0.2) is 51.9 Å². The number of para-hydroxylation sites is 1. The third-order valence-electron chi connectivity index (χ3n) is 3.71. The van der Waals surface area contributed by atoms with Crippen LogP contribution in [0.1, 0.15) is 12.5 Å². The molecule has 1 aliphatic heterocycles. The predicted molar refractivity (Wildman–Crippen MR) is 103 cm³/mol. The number of rotatable bonds is 5. The first-order valence-electron chi connectivity index (χ1n) is 7.94. The van der Waals surface area contributed by atoms with E-state index in [1.807, 2.05) is 49.4 Å². The monoisotopic (exact) mass is 385 g/mol. The van der Waals surface area contributed by atoms with E-state index in [1.54, 1.807) is 17.6 Å². The minimum absolute atomic E-state index is 0.175. The first kappa shape index (κ1) is 16.9. The molecule has 0 radical (unpaired) electrons. The SMILES string of the molecule is CC(Sc1nc2ccccc2s1)C(=O)NN=Cc1ccc2c(c1)OCO2. The number of hydrogen-bond donors (Lipinski definition) is 1. The maximum absolute atomic E-state index is 12.2. The number of thioether (sulfide) groups is 1. The van der Waals surface area contributed by atoms with Gasteiger partial charge in [0.05, 0.1) is 21.7 Å². The number of nitrogens with zero attached hydrogens (tertiary/aromatic N) is 2. The highest BCUT2D eigenvalue weighted by atomic mass is 32.2. The first-order valence-corrected chi connectivity index (χ1v) is 9.63. The number of aromatic nitrogens is 1. The van der Waals surface area contributed by atoms with E-state index < -0.39 is 0 Å². The average Bonchev–Trinajstić information content (AvgIpc) is 3.26. The van der Waals surface area contributed by atoms with Crippen molar-refractivity contribution in [2.24, 2.45) is 5.10 Å². The zero-order valence-corrected chi connectivity index (χ0v) is 15.5. The van der Waals surface area contributed by atoms with Crippen molar-refractivity contribution in [3.8, 4) is 11.5 Å². The fraction of sp³-hybridized carbons (Fsp3) is 0.167. The fourth-order valence-corrected chi connectivity index (χ4v) is 4.57. The van der Waals surface area contributed by atoms with Crippen LogP contribution in [0.5, 0.6) is 11.5 Å². The van der Waals surface area contributed by atoms with Crippen LogP contribution in [-0.4, -0.2) is 29.1 Å². The topological polar surface area (TPSA) is 72.8 Å². The number of nitrogens with one attached hydrogen (secondary N) is 1. The number of carbonyl (C=O) groups is 1. The van der Waals surface area contributed by atoms with Gasteiger partial charge in [-0.15, -0.1) is 11.3 Å². The summed E-state index contributed by atoms with van der Waals surface area (Å²) in [6.07, 6.45) is 1.58. The van der Waals surface area contributed by atoms with E-state index in [0.29, 0.717) is 11.5 Å². The van der Waals surface area contributed by atoms with Gasteiger partial charge in [0.1, 0.15) is 0 Å². The van der Waals surface area contributed by atoms with Gasteiger partial charge in [-0.2, -0.15) is 5.10 Å². The summed E-state index contributed by atoms with van der Waals surface area (Å²) in [5, 5.41) is 3.72. The largest absolute Gasteiger partial charge is 0.454 e. The summed E-state index contributed by atoms with van der Waals surface area (Å²) in [5.74, 6) is 1.22. The third kappa shape index (κ3) is 3.66. The maximum Gasteiger partial charge on any atom is 0.253 e. The molecule has 2 aromatic carbocycles. The van der Waals surface area contributed by atoms with Crippen LogP contribution in [0, 0.1) is 0 Å². The van der Waals surface area contributed by atoms with Gasteiger partial charge in [0, 0.05) is 0 Å². The Kier molecular flexibility index (Phi) is 4.77. The van der Waals surface area contributed by atoms with E-state index in [2.05, 4.69) is 15.5 Å². The predicted octanol–water partition coefficient (Wildman–Crippen LogP) is 3.66. The van der Waals surface area contributed by atoms with Gasteiger partial charge >= 0.3 is 0 Å². The number of hydrogen-bond acceptors (Lipinski definition) is 7. The number of thiazole rings is 1. The summed E-state index contributed by atoms with van der Waals surface area (Å²) in [4.78, 5) is 16.8. The van der Waals surface area contributed by atoms with Crippen molar-refractivity contribution in [3.05, 3.63) is 48.0 Å². The first-order chi connectivity index (χ1) is 12.7. The molecule has 2 heterocycles. The summed E-state index contributed by atoms with van der Waals surface area (Å²) >= 11 is 3.01. The fourth-order valence-electron chi connectivity index (χ4n) is 2.36. The zero-order chi connectivity index (χ0) is 17.9. The van der Waals surface area contributed by atoms with Gasteiger partial charge in [0.25, 0.3) is 5.91 Å². The quantitative estimate of drug-likeness (QED) is 0.412. The maximum atomic E-state index is 12.2. The molecule has 1 amide bonds. The third-order valence-corrected chi connectivity index (χ3v) is 5.94. The second kappa shape index (κ2) is 7.35. The molecule has 0 saturated heterocycles. The van der Waals surface area contributed by atoms with Crippen LogP contribution in [0.25, 0.3) is 10.2 Å². The van der Waals surface area contributed by atoms with Gasteiger partial charge in [-0.1, -0.05) is 23.9 Å². The van der Waals surface area contributed by atoms with E-state index >= 15 is 0 Å². The summed E-state index contributed by atoms with van der Waals surface area (Å²) in [7, 11) is 0. The van der Waals surface area contributed by atoms with Crippen LogP contribution in [-0.2, 0) is 4.79 Å².